The van der Waals surface area contributed by atoms with E-state index >= 15 is 0 Å². The van der Waals surface area contributed by atoms with E-state index in [0.29, 0.717) is 25.5 Å². The largest absolute Gasteiger partial charge is 0.378 e. The Balaban J connectivity index is 2.80. The molecular weight excluding hydrogens is 276 g/mol. The van der Waals surface area contributed by atoms with Gasteiger partial charge in [-0.3, -0.25) is 0 Å². The van der Waals surface area contributed by atoms with Gasteiger partial charge < -0.3 is 14.8 Å². The molecule has 0 amide bonds. The SMILES string of the molecule is CCOC(CNC(=C(Cl)C#N)c1ccccc1)OCC. The molecule has 0 bridgehead atoms. The van der Waals surface area contributed by atoms with Crippen molar-refractivity contribution >= 4 is 17.3 Å². The van der Waals surface area contributed by atoms with Crippen LogP contribution in [0.2, 0.25) is 0 Å². The summed E-state index contributed by atoms with van der Waals surface area (Å²) in [5.41, 5.74) is 1.44. The summed E-state index contributed by atoms with van der Waals surface area (Å²) in [5.74, 6) is 0. The van der Waals surface area contributed by atoms with Gasteiger partial charge >= 0.3 is 0 Å². The van der Waals surface area contributed by atoms with E-state index in [4.69, 9.17) is 26.3 Å². The second kappa shape index (κ2) is 9.38. The van der Waals surface area contributed by atoms with Gasteiger partial charge in [0.15, 0.2) is 6.29 Å². The molecule has 0 aromatic heterocycles. The lowest BCUT2D eigenvalue weighted by Crippen LogP contribution is -2.31. The fourth-order valence-corrected chi connectivity index (χ4v) is 1.87. The number of rotatable bonds is 8. The van der Waals surface area contributed by atoms with Crippen LogP contribution >= 0.6 is 11.6 Å². The summed E-state index contributed by atoms with van der Waals surface area (Å²) in [7, 11) is 0. The van der Waals surface area contributed by atoms with E-state index in [2.05, 4.69) is 5.32 Å². The van der Waals surface area contributed by atoms with Gasteiger partial charge in [-0.05, 0) is 19.4 Å². The number of nitrogens with zero attached hydrogens (tertiary/aromatic N) is 1. The van der Waals surface area contributed by atoms with Gasteiger partial charge in [-0.25, -0.2) is 0 Å². The molecule has 0 aliphatic carbocycles. The van der Waals surface area contributed by atoms with E-state index < -0.39 is 0 Å². The van der Waals surface area contributed by atoms with E-state index in [1.54, 1.807) is 0 Å². The smallest absolute Gasteiger partial charge is 0.174 e. The predicted octanol–water partition coefficient (Wildman–Crippen LogP) is 3.11. The predicted molar refractivity (Wildman–Crippen MR) is 79.9 cm³/mol. The Kier molecular flexibility index (Phi) is 7.74. The highest BCUT2D eigenvalue weighted by Crippen LogP contribution is 2.18. The molecule has 0 spiro atoms. The standard InChI is InChI=1S/C15H19ClN2O2/c1-3-19-14(20-4-2)11-18-15(13(16)10-17)12-8-6-5-7-9-12/h5-9,14,18H,3-4,11H2,1-2H3. The van der Waals surface area contributed by atoms with Gasteiger partial charge in [0.1, 0.15) is 11.1 Å². The molecule has 108 valence electrons. The Morgan fingerprint density at radius 2 is 1.85 bits per heavy atom. The summed E-state index contributed by atoms with van der Waals surface area (Å²) < 4.78 is 10.9. The van der Waals surface area contributed by atoms with Gasteiger partial charge in [0.2, 0.25) is 0 Å². The van der Waals surface area contributed by atoms with Gasteiger partial charge in [-0.1, -0.05) is 41.9 Å². The second-order valence-corrected chi connectivity index (χ2v) is 4.27. The zero-order valence-corrected chi connectivity index (χ0v) is 12.5. The van der Waals surface area contributed by atoms with Crippen LogP contribution in [-0.2, 0) is 9.47 Å². The number of allylic oxidation sites excluding steroid dienone is 1. The molecule has 5 heteroatoms. The van der Waals surface area contributed by atoms with Gasteiger partial charge in [-0.15, -0.1) is 0 Å². The maximum atomic E-state index is 9.00. The van der Waals surface area contributed by atoms with Crippen molar-refractivity contribution in [3.05, 3.63) is 40.9 Å². The number of nitriles is 1. The van der Waals surface area contributed by atoms with E-state index in [0.717, 1.165) is 5.56 Å². The normalized spacial score (nSPS) is 11.9. The Hall–Kier alpha value is -1.54. The quantitative estimate of drug-likeness (QED) is 0.591. The first-order valence-corrected chi connectivity index (χ1v) is 6.93. The molecule has 0 atom stereocenters. The average Bonchev–Trinajstić information content (AvgIpc) is 2.48. The van der Waals surface area contributed by atoms with Crippen LogP contribution in [-0.4, -0.2) is 26.0 Å². The molecule has 1 aromatic carbocycles. The maximum absolute atomic E-state index is 9.00. The lowest BCUT2D eigenvalue weighted by atomic mass is 10.1. The van der Waals surface area contributed by atoms with Crippen molar-refractivity contribution in [1.82, 2.24) is 5.32 Å². The van der Waals surface area contributed by atoms with E-state index in [1.807, 2.05) is 50.2 Å². The number of nitrogens with one attached hydrogen (secondary N) is 1. The minimum atomic E-state index is -0.369. The third kappa shape index (κ3) is 5.22. The molecule has 20 heavy (non-hydrogen) atoms. The van der Waals surface area contributed by atoms with E-state index in [-0.39, 0.29) is 11.3 Å². The Morgan fingerprint density at radius 3 is 2.35 bits per heavy atom. The number of hydrogen-bond acceptors (Lipinski definition) is 4. The van der Waals surface area contributed by atoms with Gasteiger partial charge in [0.25, 0.3) is 0 Å². The molecule has 1 aromatic rings. The molecule has 4 nitrogen and oxygen atoms in total. The molecular formula is C15H19ClN2O2. The van der Waals surface area contributed by atoms with Crippen LogP contribution in [0.25, 0.3) is 5.70 Å². The summed E-state index contributed by atoms with van der Waals surface area (Å²) >= 11 is 5.98. The molecule has 1 rings (SSSR count). The third-order valence-corrected chi connectivity index (χ3v) is 2.80. The molecule has 0 fully saturated rings. The van der Waals surface area contributed by atoms with Crippen LogP contribution in [0.4, 0.5) is 0 Å². The van der Waals surface area contributed by atoms with Crippen LogP contribution in [0.1, 0.15) is 19.4 Å². The lowest BCUT2D eigenvalue weighted by molar-refractivity contribution is -0.131. The van der Waals surface area contributed by atoms with Crippen molar-refractivity contribution < 1.29 is 9.47 Å². The first-order valence-electron chi connectivity index (χ1n) is 6.55. The highest BCUT2D eigenvalue weighted by atomic mass is 35.5. The highest BCUT2D eigenvalue weighted by Gasteiger charge is 2.12. The zero-order chi connectivity index (χ0) is 14.8. The second-order valence-electron chi connectivity index (χ2n) is 3.89. The van der Waals surface area contributed by atoms with Gasteiger partial charge in [-0.2, -0.15) is 5.26 Å². The van der Waals surface area contributed by atoms with Crippen LogP contribution in [0.3, 0.4) is 0 Å². The lowest BCUT2D eigenvalue weighted by Gasteiger charge is -2.19. The first kappa shape index (κ1) is 16.5. The molecule has 0 saturated heterocycles. The fraction of sp³-hybridized carbons (Fsp3) is 0.400. The summed E-state index contributed by atoms with van der Waals surface area (Å²) in [6, 6.07) is 11.4. The fourth-order valence-electron chi connectivity index (χ4n) is 1.69. The molecule has 0 radical (unpaired) electrons. The number of halogens is 1. The Labute approximate surface area is 124 Å². The summed E-state index contributed by atoms with van der Waals surface area (Å²) in [6.07, 6.45) is -0.369. The molecule has 0 unspecified atom stereocenters. The van der Waals surface area contributed by atoms with Crippen molar-refractivity contribution in [3.8, 4) is 6.07 Å². The molecule has 0 aliphatic heterocycles. The molecule has 1 N–H and O–H groups in total. The van der Waals surface area contributed by atoms with Crippen molar-refractivity contribution in [1.29, 1.82) is 5.26 Å². The minimum absolute atomic E-state index is 0.114. The first-order chi connectivity index (χ1) is 9.72. The molecule has 0 heterocycles. The monoisotopic (exact) mass is 294 g/mol. The Morgan fingerprint density at radius 1 is 1.25 bits per heavy atom. The summed E-state index contributed by atoms with van der Waals surface area (Å²) in [5, 5.41) is 12.2. The maximum Gasteiger partial charge on any atom is 0.174 e. The summed E-state index contributed by atoms with van der Waals surface area (Å²) in [4.78, 5) is 0. The summed E-state index contributed by atoms with van der Waals surface area (Å²) in [6.45, 7) is 5.35. The topological polar surface area (TPSA) is 54.3 Å². The molecule has 0 saturated carbocycles. The van der Waals surface area contributed by atoms with Crippen molar-refractivity contribution in [2.75, 3.05) is 19.8 Å². The Bertz CT molecular complexity index is 463. The van der Waals surface area contributed by atoms with Crippen molar-refractivity contribution in [2.45, 2.75) is 20.1 Å². The van der Waals surface area contributed by atoms with Crippen molar-refractivity contribution in [2.24, 2.45) is 0 Å². The van der Waals surface area contributed by atoms with Crippen molar-refractivity contribution in [3.63, 3.8) is 0 Å². The van der Waals surface area contributed by atoms with Crippen LogP contribution in [0.5, 0.6) is 0 Å². The van der Waals surface area contributed by atoms with E-state index in [9.17, 15) is 0 Å². The highest BCUT2D eigenvalue weighted by molar-refractivity contribution is 6.34. The third-order valence-electron chi connectivity index (χ3n) is 2.53. The number of hydrogen-bond donors (Lipinski definition) is 1. The number of benzene rings is 1. The zero-order valence-electron chi connectivity index (χ0n) is 11.7. The van der Waals surface area contributed by atoms with Crippen LogP contribution in [0.15, 0.2) is 35.4 Å². The average molecular weight is 295 g/mol. The minimum Gasteiger partial charge on any atom is -0.378 e. The van der Waals surface area contributed by atoms with E-state index in [1.165, 1.54) is 0 Å². The molecule has 0 aliphatic rings. The van der Waals surface area contributed by atoms with Gasteiger partial charge in [0, 0.05) is 13.2 Å². The van der Waals surface area contributed by atoms with Crippen LogP contribution < -0.4 is 5.32 Å². The van der Waals surface area contributed by atoms with Gasteiger partial charge in [0.05, 0.1) is 12.2 Å². The van der Waals surface area contributed by atoms with Crippen LogP contribution in [0, 0.1) is 11.3 Å². The number of ether oxygens (including phenoxy) is 2.